The minimum Gasteiger partial charge on any atom is -0.384 e. The first kappa shape index (κ1) is 27.1. The van der Waals surface area contributed by atoms with Crippen LogP contribution < -0.4 is 10.8 Å². The molecular formula is C25H32F3N4O2P. The summed E-state index contributed by atoms with van der Waals surface area (Å²) in [6, 6.07) is 4.66. The van der Waals surface area contributed by atoms with Crippen LogP contribution in [0.15, 0.2) is 30.5 Å². The Morgan fingerprint density at radius 2 is 1.91 bits per heavy atom. The predicted octanol–water partition coefficient (Wildman–Crippen LogP) is 5.93. The van der Waals surface area contributed by atoms with Crippen LogP contribution in [0.25, 0.3) is 10.9 Å². The van der Waals surface area contributed by atoms with Crippen LogP contribution in [0.2, 0.25) is 0 Å². The Balaban J connectivity index is 2.03. The van der Waals surface area contributed by atoms with E-state index < -0.39 is 36.1 Å². The molecule has 0 saturated heterocycles. The van der Waals surface area contributed by atoms with Crippen molar-refractivity contribution in [2.75, 3.05) is 18.6 Å². The molecule has 2 atom stereocenters. The molecule has 2 heterocycles. The van der Waals surface area contributed by atoms with Crippen molar-refractivity contribution in [1.29, 1.82) is 0 Å². The van der Waals surface area contributed by atoms with Crippen LogP contribution in [0, 0.1) is 12.7 Å². The second kappa shape index (κ2) is 9.86. The van der Waals surface area contributed by atoms with Crippen molar-refractivity contribution < 1.29 is 22.8 Å². The lowest BCUT2D eigenvalue weighted by atomic mass is 9.85. The van der Waals surface area contributed by atoms with Gasteiger partial charge in [-0.2, -0.15) is 8.78 Å². The van der Waals surface area contributed by atoms with Crippen LogP contribution >= 0.6 is 7.14 Å². The lowest BCUT2D eigenvalue weighted by Crippen LogP contribution is -2.44. The van der Waals surface area contributed by atoms with Gasteiger partial charge in [0.2, 0.25) is 0 Å². The number of hydrogen-bond donors (Lipinski definition) is 2. The van der Waals surface area contributed by atoms with E-state index in [0.29, 0.717) is 40.8 Å². The van der Waals surface area contributed by atoms with Crippen molar-refractivity contribution in [3.8, 4) is 0 Å². The maximum absolute atomic E-state index is 15.5. The topological polar surface area (TPSA) is 88.0 Å². The summed E-state index contributed by atoms with van der Waals surface area (Å²) < 4.78 is 58.5. The molecule has 2 aromatic heterocycles. The van der Waals surface area contributed by atoms with Gasteiger partial charge >= 0.3 is 5.92 Å². The average molecular weight is 509 g/mol. The number of aryl methyl sites for hydroxylation is 1. The van der Waals surface area contributed by atoms with Crippen LogP contribution in [0.3, 0.4) is 0 Å². The maximum atomic E-state index is 15.5. The molecule has 0 spiro atoms. The number of halogens is 3. The van der Waals surface area contributed by atoms with Gasteiger partial charge in [0.1, 0.15) is 35.6 Å². The third-order valence-electron chi connectivity index (χ3n) is 6.11. The molecule has 0 aliphatic heterocycles. The van der Waals surface area contributed by atoms with Crippen LogP contribution in [-0.2, 0) is 10.5 Å². The van der Waals surface area contributed by atoms with Crippen LogP contribution in [0.1, 0.15) is 63.0 Å². The van der Waals surface area contributed by atoms with Gasteiger partial charge in [-0.05, 0) is 52.7 Å². The summed E-state index contributed by atoms with van der Waals surface area (Å²) in [6.45, 7) is 9.39. The smallest absolute Gasteiger partial charge is 0.303 e. The fourth-order valence-electron chi connectivity index (χ4n) is 3.92. The number of rotatable bonds is 9. The molecular weight excluding hydrogens is 476 g/mol. The van der Waals surface area contributed by atoms with Gasteiger partial charge in [-0.1, -0.05) is 31.9 Å². The number of aromatic nitrogens is 3. The fraction of sp³-hybridized carbons (Fsp3) is 0.480. The third kappa shape index (κ3) is 5.51. The molecule has 0 fully saturated rings. The summed E-state index contributed by atoms with van der Waals surface area (Å²) in [4.78, 5) is 13.0. The minimum atomic E-state index is -3.79. The highest BCUT2D eigenvalue weighted by Gasteiger charge is 2.51. The van der Waals surface area contributed by atoms with E-state index in [2.05, 4.69) is 20.3 Å². The number of nitrogens with one attached hydrogen (secondary N) is 1. The Morgan fingerprint density at radius 1 is 1.23 bits per heavy atom. The standard InChI is InChI=1S/C25H32F3N4O2P/c1-7-8-12-24(4,33)25(27,28)19-11-9-10-17(22(19)26)15(2)30-23-18-13-21(35(5,6)34)29-14-20(18)31-16(3)32-23/h9-11,13-15,33H,7-8,12H2,1-6H3,(H,30,31,32)/t15-,24?/m1/s1. The zero-order chi connectivity index (χ0) is 26.2. The van der Waals surface area contributed by atoms with E-state index in [4.69, 9.17) is 0 Å². The Morgan fingerprint density at radius 3 is 2.54 bits per heavy atom. The lowest BCUT2D eigenvalue weighted by Gasteiger charge is -2.33. The van der Waals surface area contributed by atoms with Gasteiger partial charge in [-0.15, -0.1) is 0 Å². The van der Waals surface area contributed by atoms with Gasteiger partial charge in [0, 0.05) is 10.9 Å². The molecule has 1 aromatic carbocycles. The van der Waals surface area contributed by atoms with Gasteiger partial charge in [0.15, 0.2) is 0 Å². The van der Waals surface area contributed by atoms with E-state index in [0.717, 1.165) is 13.0 Å². The quantitative estimate of drug-likeness (QED) is 0.349. The average Bonchev–Trinajstić information content (AvgIpc) is 2.76. The summed E-state index contributed by atoms with van der Waals surface area (Å²) >= 11 is 0. The predicted molar refractivity (Wildman–Crippen MR) is 134 cm³/mol. The normalized spacial score (nSPS) is 15.1. The third-order valence-corrected chi connectivity index (χ3v) is 7.46. The van der Waals surface area contributed by atoms with Gasteiger partial charge in [-0.25, -0.2) is 14.4 Å². The van der Waals surface area contributed by atoms with Crippen molar-refractivity contribution in [2.45, 2.75) is 64.5 Å². The number of aliphatic hydroxyl groups is 1. The molecule has 3 aromatic rings. The van der Waals surface area contributed by atoms with Gasteiger partial charge in [0.25, 0.3) is 0 Å². The molecule has 10 heteroatoms. The fourth-order valence-corrected chi connectivity index (χ4v) is 4.70. The van der Waals surface area contributed by atoms with Gasteiger partial charge < -0.3 is 15.0 Å². The highest BCUT2D eigenvalue weighted by atomic mass is 31.2. The Hall–Kier alpha value is -2.51. The first-order valence-electron chi connectivity index (χ1n) is 11.5. The Kier molecular flexibility index (Phi) is 7.63. The summed E-state index contributed by atoms with van der Waals surface area (Å²) in [6.07, 6.45) is 2.37. The van der Waals surface area contributed by atoms with Gasteiger partial charge in [-0.3, -0.25) is 4.98 Å². The lowest BCUT2D eigenvalue weighted by molar-refractivity contribution is -0.184. The van der Waals surface area contributed by atoms with E-state index in [-0.39, 0.29) is 12.0 Å². The Bertz CT molecular complexity index is 1280. The number of anilines is 1. The molecule has 0 saturated carbocycles. The molecule has 190 valence electrons. The first-order valence-corrected chi connectivity index (χ1v) is 14.1. The van der Waals surface area contributed by atoms with Crippen molar-refractivity contribution in [2.24, 2.45) is 0 Å². The number of fused-ring (bicyclic) bond motifs is 1. The van der Waals surface area contributed by atoms with Crippen LogP contribution in [0.4, 0.5) is 19.0 Å². The SMILES string of the molecule is CCCCC(C)(O)C(F)(F)c1cccc([C@@H](C)Nc2nc(C)nc3cnc(P(C)(C)=O)cc23)c1F. The molecule has 0 bridgehead atoms. The number of nitrogens with zero attached hydrogens (tertiary/aromatic N) is 3. The van der Waals surface area contributed by atoms with Crippen molar-refractivity contribution in [1.82, 2.24) is 15.0 Å². The molecule has 0 radical (unpaired) electrons. The van der Waals surface area contributed by atoms with E-state index in [1.54, 1.807) is 33.2 Å². The summed E-state index contributed by atoms with van der Waals surface area (Å²) in [5.41, 5.74) is -2.33. The van der Waals surface area contributed by atoms with Gasteiger partial charge in [0.05, 0.1) is 23.3 Å². The molecule has 6 nitrogen and oxygen atoms in total. The second-order valence-corrected chi connectivity index (χ2v) is 12.7. The van der Waals surface area contributed by atoms with Crippen LogP contribution in [-0.4, -0.2) is 39.0 Å². The number of unbranched alkanes of at least 4 members (excludes halogenated alkanes) is 1. The molecule has 0 amide bonds. The first-order chi connectivity index (χ1) is 16.2. The summed E-state index contributed by atoms with van der Waals surface area (Å²) in [7, 11) is -2.67. The second-order valence-electron chi connectivity index (χ2n) is 9.56. The number of pyridine rings is 1. The van der Waals surface area contributed by atoms with Crippen LogP contribution in [0.5, 0.6) is 0 Å². The van der Waals surface area contributed by atoms with E-state index in [1.165, 1.54) is 18.3 Å². The van der Waals surface area contributed by atoms with E-state index in [9.17, 15) is 9.67 Å². The van der Waals surface area contributed by atoms with E-state index >= 15 is 13.2 Å². The van der Waals surface area contributed by atoms with Crippen molar-refractivity contribution >= 4 is 29.3 Å². The summed E-state index contributed by atoms with van der Waals surface area (Å²) in [5.74, 6) is -4.09. The molecule has 3 rings (SSSR count). The molecule has 35 heavy (non-hydrogen) atoms. The number of hydrogen-bond acceptors (Lipinski definition) is 6. The maximum Gasteiger partial charge on any atom is 0.303 e. The number of alkyl halides is 2. The van der Waals surface area contributed by atoms with Crippen molar-refractivity contribution in [3.63, 3.8) is 0 Å². The molecule has 0 aliphatic rings. The Labute approximate surface area is 203 Å². The molecule has 0 aliphatic carbocycles. The zero-order valence-corrected chi connectivity index (χ0v) is 21.8. The largest absolute Gasteiger partial charge is 0.384 e. The summed E-state index contributed by atoms with van der Waals surface area (Å²) in [5, 5.41) is 14.1. The number of benzene rings is 1. The minimum absolute atomic E-state index is 0.00353. The van der Waals surface area contributed by atoms with Crippen molar-refractivity contribution in [3.05, 3.63) is 53.2 Å². The van der Waals surface area contributed by atoms with E-state index in [1.807, 2.05) is 6.92 Å². The molecule has 2 N–H and O–H groups in total. The highest BCUT2D eigenvalue weighted by Crippen LogP contribution is 2.44. The molecule has 1 unspecified atom stereocenters. The highest BCUT2D eigenvalue weighted by molar-refractivity contribution is 7.69. The monoisotopic (exact) mass is 508 g/mol. The zero-order valence-electron chi connectivity index (χ0n) is 20.9.